The molecule has 5 heteroatoms. The Hall–Kier alpha value is -1.91. The molecule has 0 heterocycles. The molecule has 0 aromatic heterocycles. The standard InChI is InChI=1S/C16H23FN2O2/c1-4-8-18-15(20)11-19(9-5-2)16(21)13-6-7-14(17)12(3)10-13/h6-7,10H,4-5,8-9,11H2,1-3H3,(H,18,20). The largest absolute Gasteiger partial charge is 0.355 e. The minimum Gasteiger partial charge on any atom is -0.355 e. The van der Waals surface area contributed by atoms with Gasteiger partial charge < -0.3 is 10.2 Å². The molecule has 0 saturated carbocycles. The van der Waals surface area contributed by atoms with Gasteiger partial charge in [-0.25, -0.2) is 4.39 Å². The third-order valence-electron chi connectivity index (χ3n) is 3.09. The molecule has 0 unspecified atom stereocenters. The van der Waals surface area contributed by atoms with Crippen LogP contribution in [0.15, 0.2) is 18.2 Å². The van der Waals surface area contributed by atoms with Crippen LogP contribution in [-0.4, -0.2) is 36.3 Å². The van der Waals surface area contributed by atoms with Crippen molar-refractivity contribution in [3.63, 3.8) is 0 Å². The smallest absolute Gasteiger partial charge is 0.254 e. The number of nitrogens with one attached hydrogen (secondary N) is 1. The van der Waals surface area contributed by atoms with Crippen LogP contribution in [0.5, 0.6) is 0 Å². The molecule has 2 amide bonds. The maximum atomic E-state index is 13.3. The number of aryl methyl sites for hydroxylation is 1. The quantitative estimate of drug-likeness (QED) is 0.840. The predicted molar refractivity (Wildman–Crippen MR) is 80.6 cm³/mol. The molecule has 0 aliphatic carbocycles. The van der Waals surface area contributed by atoms with Gasteiger partial charge in [-0.15, -0.1) is 0 Å². The fourth-order valence-corrected chi connectivity index (χ4v) is 1.98. The lowest BCUT2D eigenvalue weighted by molar-refractivity contribution is -0.121. The molecule has 0 radical (unpaired) electrons. The molecule has 0 saturated heterocycles. The first-order valence-electron chi connectivity index (χ1n) is 7.31. The summed E-state index contributed by atoms with van der Waals surface area (Å²) in [4.78, 5) is 25.7. The second kappa shape index (κ2) is 8.39. The van der Waals surface area contributed by atoms with E-state index in [-0.39, 0.29) is 24.2 Å². The van der Waals surface area contributed by atoms with E-state index in [1.165, 1.54) is 23.1 Å². The summed E-state index contributed by atoms with van der Waals surface area (Å²) in [6.45, 7) is 6.65. The summed E-state index contributed by atoms with van der Waals surface area (Å²) in [7, 11) is 0. The van der Waals surface area contributed by atoms with Gasteiger partial charge in [-0.1, -0.05) is 13.8 Å². The number of amides is 2. The van der Waals surface area contributed by atoms with E-state index < -0.39 is 0 Å². The summed E-state index contributed by atoms with van der Waals surface area (Å²) in [5, 5.41) is 2.76. The lowest BCUT2D eigenvalue weighted by atomic mass is 10.1. The van der Waals surface area contributed by atoms with Crippen molar-refractivity contribution in [3.8, 4) is 0 Å². The zero-order valence-corrected chi connectivity index (χ0v) is 12.9. The second-order valence-corrected chi connectivity index (χ2v) is 5.04. The van der Waals surface area contributed by atoms with Gasteiger partial charge in [0.1, 0.15) is 5.82 Å². The number of hydrogen-bond donors (Lipinski definition) is 1. The summed E-state index contributed by atoms with van der Waals surface area (Å²) in [6, 6.07) is 4.26. The van der Waals surface area contributed by atoms with Crippen LogP contribution >= 0.6 is 0 Å². The molecule has 1 aromatic carbocycles. The van der Waals surface area contributed by atoms with Crippen molar-refractivity contribution in [1.82, 2.24) is 10.2 Å². The molecule has 0 spiro atoms. The van der Waals surface area contributed by atoms with Gasteiger partial charge in [0.05, 0.1) is 6.54 Å². The summed E-state index contributed by atoms with van der Waals surface area (Å²) >= 11 is 0. The highest BCUT2D eigenvalue weighted by Gasteiger charge is 2.18. The first-order valence-corrected chi connectivity index (χ1v) is 7.31. The summed E-state index contributed by atoms with van der Waals surface area (Å²) in [5.41, 5.74) is 0.832. The zero-order chi connectivity index (χ0) is 15.8. The van der Waals surface area contributed by atoms with Crippen LogP contribution in [0.25, 0.3) is 0 Å². The topological polar surface area (TPSA) is 49.4 Å². The first kappa shape index (κ1) is 17.1. The lowest BCUT2D eigenvalue weighted by Crippen LogP contribution is -2.41. The van der Waals surface area contributed by atoms with E-state index in [4.69, 9.17) is 0 Å². The van der Waals surface area contributed by atoms with Gasteiger partial charge in [-0.3, -0.25) is 9.59 Å². The van der Waals surface area contributed by atoms with Crippen LogP contribution in [0.3, 0.4) is 0 Å². The molecular formula is C16H23FN2O2. The van der Waals surface area contributed by atoms with Crippen molar-refractivity contribution in [2.24, 2.45) is 0 Å². The summed E-state index contributed by atoms with van der Waals surface area (Å²) in [6.07, 6.45) is 1.61. The van der Waals surface area contributed by atoms with E-state index in [2.05, 4.69) is 5.32 Å². The average molecular weight is 294 g/mol. The number of carbonyl (C=O) groups is 2. The van der Waals surface area contributed by atoms with Gasteiger partial charge in [-0.05, 0) is 43.5 Å². The molecule has 0 aliphatic heterocycles. The van der Waals surface area contributed by atoms with Crippen LogP contribution in [0, 0.1) is 12.7 Å². The van der Waals surface area contributed by atoms with Crippen molar-refractivity contribution < 1.29 is 14.0 Å². The Balaban J connectivity index is 2.81. The van der Waals surface area contributed by atoms with Gasteiger partial charge in [0.25, 0.3) is 5.91 Å². The molecule has 0 fully saturated rings. The van der Waals surface area contributed by atoms with Crippen molar-refractivity contribution in [3.05, 3.63) is 35.1 Å². The van der Waals surface area contributed by atoms with Crippen LogP contribution in [0.1, 0.15) is 42.6 Å². The average Bonchev–Trinajstić information content (AvgIpc) is 2.46. The van der Waals surface area contributed by atoms with Crippen LogP contribution < -0.4 is 5.32 Å². The van der Waals surface area contributed by atoms with Gasteiger partial charge in [0.2, 0.25) is 5.91 Å². The van der Waals surface area contributed by atoms with E-state index in [0.29, 0.717) is 24.2 Å². The van der Waals surface area contributed by atoms with E-state index in [9.17, 15) is 14.0 Å². The Labute approximate surface area is 125 Å². The third kappa shape index (κ3) is 5.17. The Morgan fingerprint density at radius 3 is 2.52 bits per heavy atom. The highest BCUT2D eigenvalue weighted by molar-refractivity contribution is 5.96. The molecule has 4 nitrogen and oxygen atoms in total. The zero-order valence-electron chi connectivity index (χ0n) is 12.9. The predicted octanol–water partition coefficient (Wildman–Crippen LogP) is 2.51. The molecule has 1 N–H and O–H groups in total. The Morgan fingerprint density at radius 1 is 1.24 bits per heavy atom. The fraction of sp³-hybridized carbons (Fsp3) is 0.500. The van der Waals surface area contributed by atoms with Gasteiger partial charge >= 0.3 is 0 Å². The molecule has 1 aromatic rings. The molecule has 21 heavy (non-hydrogen) atoms. The minimum atomic E-state index is -0.339. The highest BCUT2D eigenvalue weighted by Crippen LogP contribution is 2.12. The summed E-state index contributed by atoms with van der Waals surface area (Å²) < 4.78 is 13.3. The number of nitrogens with zero attached hydrogens (tertiary/aromatic N) is 1. The SMILES string of the molecule is CCCNC(=O)CN(CCC)C(=O)c1ccc(F)c(C)c1. The van der Waals surface area contributed by atoms with Crippen molar-refractivity contribution >= 4 is 11.8 Å². The molecule has 1 rings (SSSR count). The van der Waals surface area contributed by atoms with Crippen LogP contribution in [-0.2, 0) is 4.79 Å². The van der Waals surface area contributed by atoms with E-state index in [1.54, 1.807) is 6.92 Å². The molecular weight excluding hydrogens is 271 g/mol. The van der Waals surface area contributed by atoms with E-state index in [1.807, 2.05) is 13.8 Å². The number of benzene rings is 1. The normalized spacial score (nSPS) is 10.3. The molecule has 0 atom stereocenters. The Bertz CT molecular complexity index is 503. The lowest BCUT2D eigenvalue weighted by Gasteiger charge is -2.22. The van der Waals surface area contributed by atoms with E-state index >= 15 is 0 Å². The monoisotopic (exact) mass is 294 g/mol. The van der Waals surface area contributed by atoms with Crippen molar-refractivity contribution in [1.29, 1.82) is 0 Å². The fourth-order valence-electron chi connectivity index (χ4n) is 1.98. The second-order valence-electron chi connectivity index (χ2n) is 5.04. The Kier molecular flexibility index (Phi) is 6.85. The minimum absolute atomic E-state index is 0.0309. The molecule has 0 aliphatic rings. The van der Waals surface area contributed by atoms with Gasteiger partial charge in [0, 0.05) is 18.7 Å². The maximum absolute atomic E-state index is 13.3. The van der Waals surface area contributed by atoms with Gasteiger partial charge in [-0.2, -0.15) is 0 Å². The van der Waals surface area contributed by atoms with E-state index in [0.717, 1.165) is 12.8 Å². The molecule has 0 bridgehead atoms. The van der Waals surface area contributed by atoms with Crippen molar-refractivity contribution in [2.75, 3.05) is 19.6 Å². The Morgan fingerprint density at radius 2 is 1.95 bits per heavy atom. The van der Waals surface area contributed by atoms with Crippen LogP contribution in [0.2, 0.25) is 0 Å². The first-order chi connectivity index (χ1) is 9.99. The number of hydrogen-bond acceptors (Lipinski definition) is 2. The van der Waals surface area contributed by atoms with Crippen LogP contribution in [0.4, 0.5) is 4.39 Å². The molecule has 116 valence electrons. The third-order valence-corrected chi connectivity index (χ3v) is 3.09. The highest BCUT2D eigenvalue weighted by atomic mass is 19.1. The summed E-state index contributed by atoms with van der Waals surface area (Å²) in [5.74, 6) is -0.752. The maximum Gasteiger partial charge on any atom is 0.254 e. The number of halogens is 1. The number of rotatable bonds is 7. The number of carbonyl (C=O) groups excluding carboxylic acids is 2. The van der Waals surface area contributed by atoms with Gasteiger partial charge in [0.15, 0.2) is 0 Å². The van der Waals surface area contributed by atoms with Crippen molar-refractivity contribution in [2.45, 2.75) is 33.6 Å².